The number of aromatic nitrogens is 1. The monoisotopic (exact) mass is 340 g/mol. The van der Waals surface area contributed by atoms with Crippen LogP contribution in [0.1, 0.15) is 16.1 Å². The molecule has 0 amide bonds. The number of hydrogen-bond acceptors (Lipinski definition) is 5. The molecule has 0 saturated heterocycles. The van der Waals surface area contributed by atoms with Gasteiger partial charge in [0.15, 0.2) is 0 Å². The molecule has 1 aromatic heterocycles. The van der Waals surface area contributed by atoms with E-state index in [1.165, 1.54) is 16.1 Å². The Kier molecular flexibility index (Phi) is 3.54. The van der Waals surface area contributed by atoms with E-state index in [9.17, 15) is 0 Å². The molecular weight excluding hydrogens is 324 g/mol. The van der Waals surface area contributed by atoms with Gasteiger partial charge in [-0.3, -0.25) is 0 Å². The number of fused-ring (bicyclic) bond motifs is 2. The van der Waals surface area contributed by atoms with Gasteiger partial charge in [0.05, 0.1) is 28.0 Å². The minimum atomic E-state index is 0.914. The van der Waals surface area contributed by atoms with Crippen LogP contribution in [-0.2, 0) is 0 Å². The fourth-order valence-corrected chi connectivity index (χ4v) is 4.56. The number of anilines is 1. The lowest BCUT2D eigenvalue weighted by Gasteiger charge is -2.02. The summed E-state index contributed by atoms with van der Waals surface area (Å²) in [5, 5.41) is 5.59. The third-order valence-electron chi connectivity index (χ3n) is 3.79. The van der Waals surface area contributed by atoms with Crippen LogP contribution >= 0.6 is 23.1 Å². The van der Waals surface area contributed by atoms with E-state index in [0.717, 1.165) is 31.6 Å². The standard InChI is InChI=1S/C18H16N2OS2/c1-10-4-5-15-12(6-10)19-17(22-15)9-18-20-13-7-11(2)14(21-3)8-16(13)23-18/h4-9,19H,1-3H3/b17-9-. The van der Waals surface area contributed by atoms with E-state index in [-0.39, 0.29) is 0 Å². The van der Waals surface area contributed by atoms with Crippen LogP contribution in [0.4, 0.5) is 5.69 Å². The number of ether oxygens (including phenoxy) is 1. The second kappa shape index (κ2) is 5.58. The van der Waals surface area contributed by atoms with Crippen LogP contribution < -0.4 is 10.1 Å². The number of thiazole rings is 1. The third kappa shape index (κ3) is 2.71. The van der Waals surface area contributed by atoms with E-state index in [1.54, 1.807) is 30.2 Å². The molecule has 5 heteroatoms. The average molecular weight is 340 g/mol. The van der Waals surface area contributed by atoms with Crippen LogP contribution in [-0.4, -0.2) is 12.1 Å². The Morgan fingerprint density at radius 2 is 2.04 bits per heavy atom. The van der Waals surface area contributed by atoms with Crippen molar-refractivity contribution >= 4 is 45.1 Å². The average Bonchev–Trinajstić information content (AvgIpc) is 3.08. The van der Waals surface area contributed by atoms with Gasteiger partial charge in [0.1, 0.15) is 10.8 Å². The molecule has 1 N–H and O–H groups in total. The lowest BCUT2D eigenvalue weighted by molar-refractivity contribution is 0.412. The van der Waals surface area contributed by atoms with Crippen molar-refractivity contribution in [2.45, 2.75) is 18.7 Å². The summed E-state index contributed by atoms with van der Waals surface area (Å²) in [5.74, 6) is 0.914. The molecule has 0 saturated carbocycles. The van der Waals surface area contributed by atoms with E-state index in [4.69, 9.17) is 9.72 Å². The molecule has 116 valence electrons. The second-order valence-corrected chi connectivity index (χ2v) is 7.72. The van der Waals surface area contributed by atoms with Gasteiger partial charge in [-0.15, -0.1) is 11.3 Å². The van der Waals surface area contributed by atoms with Gasteiger partial charge in [-0.1, -0.05) is 17.8 Å². The van der Waals surface area contributed by atoms with Gasteiger partial charge in [0, 0.05) is 11.0 Å². The van der Waals surface area contributed by atoms with E-state index in [0.29, 0.717) is 0 Å². The molecule has 1 aliphatic heterocycles. The summed E-state index contributed by atoms with van der Waals surface area (Å²) >= 11 is 3.44. The molecule has 0 spiro atoms. The predicted octanol–water partition coefficient (Wildman–Crippen LogP) is 5.44. The smallest absolute Gasteiger partial charge is 0.123 e. The summed E-state index contributed by atoms with van der Waals surface area (Å²) in [5.41, 5.74) is 4.58. The SMILES string of the molecule is COc1cc2sc(/C=C3/Nc4cc(C)ccc4S3)nc2cc1C. The fraction of sp³-hybridized carbons (Fsp3) is 0.167. The highest BCUT2D eigenvalue weighted by molar-refractivity contribution is 8.03. The number of aryl methyl sites for hydroxylation is 2. The van der Waals surface area contributed by atoms with Gasteiger partial charge in [0.2, 0.25) is 0 Å². The van der Waals surface area contributed by atoms with Crippen LogP contribution in [0.3, 0.4) is 0 Å². The molecule has 2 aromatic carbocycles. The number of nitrogens with one attached hydrogen (secondary N) is 1. The van der Waals surface area contributed by atoms with Crippen molar-refractivity contribution in [3.05, 3.63) is 51.5 Å². The number of rotatable bonds is 2. The van der Waals surface area contributed by atoms with E-state index in [1.807, 2.05) is 6.92 Å². The zero-order chi connectivity index (χ0) is 16.0. The molecule has 0 bridgehead atoms. The Hall–Kier alpha value is -1.98. The Labute approximate surface area is 143 Å². The van der Waals surface area contributed by atoms with Gasteiger partial charge in [-0.2, -0.15) is 0 Å². The minimum absolute atomic E-state index is 0.914. The van der Waals surface area contributed by atoms with Crippen molar-refractivity contribution in [3.8, 4) is 5.75 Å². The van der Waals surface area contributed by atoms with Gasteiger partial charge in [-0.05, 0) is 49.2 Å². The minimum Gasteiger partial charge on any atom is -0.496 e. The first-order chi connectivity index (χ1) is 11.1. The fourth-order valence-electron chi connectivity index (χ4n) is 2.64. The van der Waals surface area contributed by atoms with E-state index in [2.05, 4.69) is 48.6 Å². The Morgan fingerprint density at radius 1 is 1.17 bits per heavy atom. The van der Waals surface area contributed by atoms with Gasteiger partial charge >= 0.3 is 0 Å². The number of nitrogens with zero attached hydrogens (tertiary/aromatic N) is 1. The maximum atomic E-state index is 5.40. The van der Waals surface area contributed by atoms with E-state index < -0.39 is 0 Å². The Balaban J connectivity index is 1.68. The largest absolute Gasteiger partial charge is 0.496 e. The third-order valence-corrected chi connectivity index (χ3v) is 5.77. The molecule has 3 nitrogen and oxygen atoms in total. The Bertz CT molecular complexity index is 944. The van der Waals surface area contributed by atoms with Crippen molar-refractivity contribution < 1.29 is 4.74 Å². The summed E-state index contributed by atoms with van der Waals surface area (Å²) in [6, 6.07) is 10.6. The molecule has 3 aromatic rings. The molecule has 0 aliphatic carbocycles. The molecule has 0 unspecified atom stereocenters. The zero-order valence-electron chi connectivity index (χ0n) is 13.1. The van der Waals surface area contributed by atoms with Gasteiger partial charge < -0.3 is 10.1 Å². The van der Waals surface area contributed by atoms with Gasteiger partial charge in [-0.25, -0.2) is 4.98 Å². The van der Waals surface area contributed by atoms with Crippen LogP contribution in [0.15, 0.2) is 40.3 Å². The molecule has 23 heavy (non-hydrogen) atoms. The van der Waals surface area contributed by atoms with Crippen molar-refractivity contribution in [3.63, 3.8) is 0 Å². The van der Waals surface area contributed by atoms with Crippen molar-refractivity contribution in [2.24, 2.45) is 0 Å². The number of benzene rings is 2. The van der Waals surface area contributed by atoms with Gasteiger partial charge in [0.25, 0.3) is 0 Å². The summed E-state index contributed by atoms with van der Waals surface area (Å²) in [6.45, 7) is 4.15. The molecule has 0 radical (unpaired) electrons. The van der Waals surface area contributed by atoms with Crippen LogP contribution in [0.2, 0.25) is 0 Å². The highest BCUT2D eigenvalue weighted by atomic mass is 32.2. The number of thioether (sulfide) groups is 1. The predicted molar refractivity (Wildman–Crippen MR) is 99.5 cm³/mol. The molecule has 4 rings (SSSR count). The molecule has 1 aliphatic rings. The number of methoxy groups -OCH3 is 1. The van der Waals surface area contributed by atoms with Crippen LogP contribution in [0, 0.1) is 13.8 Å². The normalized spacial score (nSPS) is 15.0. The molecule has 2 heterocycles. The summed E-state index contributed by atoms with van der Waals surface area (Å²) < 4.78 is 6.55. The van der Waals surface area contributed by atoms with Crippen LogP contribution in [0.25, 0.3) is 16.3 Å². The highest BCUT2D eigenvalue weighted by Gasteiger charge is 2.16. The molecule has 0 fully saturated rings. The van der Waals surface area contributed by atoms with Crippen molar-refractivity contribution in [1.29, 1.82) is 0 Å². The van der Waals surface area contributed by atoms with E-state index >= 15 is 0 Å². The highest BCUT2D eigenvalue weighted by Crippen LogP contribution is 2.42. The summed E-state index contributed by atoms with van der Waals surface area (Å²) in [6.07, 6.45) is 2.12. The molecular formula is C18H16N2OS2. The summed E-state index contributed by atoms with van der Waals surface area (Å²) in [7, 11) is 1.70. The quantitative estimate of drug-likeness (QED) is 0.674. The van der Waals surface area contributed by atoms with Crippen molar-refractivity contribution in [1.82, 2.24) is 4.98 Å². The maximum Gasteiger partial charge on any atom is 0.123 e. The second-order valence-electron chi connectivity index (χ2n) is 5.58. The Morgan fingerprint density at radius 3 is 2.87 bits per heavy atom. The first-order valence-electron chi connectivity index (χ1n) is 7.35. The first kappa shape index (κ1) is 14.6. The topological polar surface area (TPSA) is 34.1 Å². The van der Waals surface area contributed by atoms with Crippen molar-refractivity contribution in [2.75, 3.05) is 12.4 Å². The lowest BCUT2D eigenvalue weighted by Crippen LogP contribution is -1.88. The zero-order valence-corrected chi connectivity index (χ0v) is 14.8. The summed E-state index contributed by atoms with van der Waals surface area (Å²) in [4.78, 5) is 5.99. The lowest BCUT2D eigenvalue weighted by atomic mass is 10.2. The maximum absolute atomic E-state index is 5.40. The first-order valence-corrected chi connectivity index (χ1v) is 8.98. The van der Waals surface area contributed by atoms with Crippen LogP contribution in [0.5, 0.6) is 5.75 Å². The molecule has 0 atom stereocenters. The number of hydrogen-bond donors (Lipinski definition) is 1.